The summed E-state index contributed by atoms with van der Waals surface area (Å²) in [6, 6.07) is 12.4. The number of methoxy groups -OCH3 is 3. The van der Waals surface area contributed by atoms with Crippen molar-refractivity contribution in [1.82, 2.24) is 4.72 Å². The molecule has 0 aromatic heterocycles. The van der Waals surface area contributed by atoms with Crippen LogP contribution in [0.4, 0.5) is 0 Å². The molecule has 0 aliphatic heterocycles. The second kappa shape index (κ2) is 9.45. The van der Waals surface area contributed by atoms with E-state index in [2.05, 4.69) is 4.72 Å². The number of benzene rings is 2. The van der Waals surface area contributed by atoms with Crippen LogP contribution < -0.4 is 18.9 Å². The van der Waals surface area contributed by atoms with E-state index >= 15 is 0 Å². The highest BCUT2D eigenvalue weighted by Gasteiger charge is 2.16. The van der Waals surface area contributed by atoms with Crippen LogP contribution in [0.2, 0.25) is 0 Å². The molecule has 0 saturated heterocycles. The molecule has 2 aromatic rings. The molecule has 142 valence electrons. The second-order valence-corrected chi connectivity index (χ2v) is 7.45. The fourth-order valence-electron chi connectivity index (χ4n) is 2.62. The van der Waals surface area contributed by atoms with Gasteiger partial charge in [-0.25, -0.2) is 13.1 Å². The first-order chi connectivity index (χ1) is 12.5. The van der Waals surface area contributed by atoms with E-state index in [0.29, 0.717) is 18.0 Å². The van der Waals surface area contributed by atoms with Crippen LogP contribution in [0.1, 0.15) is 18.4 Å². The Labute approximate surface area is 155 Å². The summed E-state index contributed by atoms with van der Waals surface area (Å²) in [5.74, 6) is 1.73. The number of unbranched alkanes of at least 4 members (excludes halogenated alkanes) is 1. The van der Waals surface area contributed by atoms with Gasteiger partial charge in [-0.15, -0.1) is 0 Å². The highest BCUT2D eigenvalue weighted by molar-refractivity contribution is 7.89. The number of aryl methyl sites for hydroxylation is 1. The van der Waals surface area contributed by atoms with Crippen LogP contribution in [-0.2, 0) is 16.4 Å². The zero-order chi connectivity index (χ0) is 19.0. The maximum atomic E-state index is 12.4. The summed E-state index contributed by atoms with van der Waals surface area (Å²) in [6.07, 6.45) is 2.42. The first-order valence-electron chi connectivity index (χ1n) is 8.35. The van der Waals surface area contributed by atoms with E-state index in [1.807, 2.05) is 24.3 Å². The van der Waals surface area contributed by atoms with Crippen molar-refractivity contribution < 1.29 is 22.6 Å². The zero-order valence-electron chi connectivity index (χ0n) is 15.3. The summed E-state index contributed by atoms with van der Waals surface area (Å²) in [6.45, 7) is 0.367. The third-order valence-corrected chi connectivity index (χ3v) is 5.48. The minimum Gasteiger partial charge on any atom is -0.496 e. The number of rotatable bonds is 10. The Morgan fingerprint density at radius 3 is 2.23 bits per heavy atom. The van der Waals surface area contributed by atoms with Crippen LogP contribution in [0.3, 0.4) is 0 Å². The molecule has 2 rings (SSSR count). The van der Waals surface area contributed by atoms with Gasteiger partial charge in [0.05, 0.1) is 26.2 Å². The van der Waals surface area contributed by atoms with Gasteiger partial charge in [-0.05, 0) is 43.0 Å². The lowest BCUT2D eigenvalue weighted by Crippen LogP contribution is -2.25. The van der Waals surface area contributed by atoms with Gasteiger partial charge in [0.25, 0.3) is 0 Å². The molecule has 6 nitrogen and oxygen atoms in total. The maximum absolute atomic E-state index is 12.4. The fourth-order valence-corrected chi connectivity index (χ4v) is 3.71. The first kappa shape index (κ1) is 20.1. The topological polar surface area (TPSA) is 73.9 Å². The van der Waals surface area contributed by atoms with Crippen LogP contribution in [-0.4, -0.2) is 36.3 Å². The molecule has 7 heteroatoms. The van der Waals surface area contributed by atoms with Crippen LogP contribution >= 0.6 is 0 Å². The van der Waals surface area contributed by atoms with E-state index in [9.17, 15) is 8.42 Å². The zero-order valence-corrected chi connectivity index (χ0v) is 16.1. The lowest BCUT2D eigenvalue weighted by Gasteiger charge is -2.11. The minimum absolute atomic E-state index is 0.153. The molecule has 1 N–H and O–H groups in total. The van der Waals surface area contributed by atoms with Crippen molar-refractivity contribution in [2.75, 3.05) is 27.9 Å². The van der Waals surface area contributed by atoms with E-state index in [1.54, 1.807) is 13.2 Å². The largest absolute Gasteiger partial charge is 0.496 e. The molecule has 26 heavy (non-hydrogen) atoms. The van der Waals surface area contributed by atoms with Crippen molar-refractivity contribution in [2.24, 2.45) is 0 Å². The highest BCUT2D eigenvalue weighted by Crippen LogP contribution is 2.29. The summed E-state index contributed by atoms with van der Waals surface area (Å²) in [5, 5.41) is 0. The predicted molar refractivity (Wildman–Crippen MR) is 101 cm³/mol. The van der Waals surface area contributed by atoms with Gasteiger partial charge in [-0.2, -0.15) is 0 Å². The van der Waals surface area contributed by atoms with Crippen LogP contribution in [0.15, 0.2) is 47.4 Å². The van der Waals surface area contributed by atoms with E-state index in [-0.39, 0.29) is 4.90 Å². The van der Waals surface area contributed by atoms with Gasteiger partial charge in [-0.1, -0.05) is 18.2 Å². The average molecular weight is 379 g/mol. The SMILES string of the molecule is COc1ccccc1CCCCNS(=O)(=O)c1ccc(OC)c(OC)c1. The first-order valence-corrected chi connectivity index (χ1v) is 9.83. The maximum Gasteiger partial charge on any atom is 0.240 e. The summed E-state index contributed by atoms with van der Waals surface area (Å²) < 4.78 is 43.0. The van der Waals surface area contributed by atoms with Crippen molar-refractivity contribution >= 4 is 10.0 Å². The molecule has 0 saturated carbocycles. The third-order valence-electron chi connectivity index (χ3n) is 4.02. The van der Waals surface area contributed by atoms with Crippen molar-refractivity contribution in [3.8, 4) is 17.2 Å². The van der Waals surface area contributed by atoms with Crippen molar-refractivity contribution in [1.29, 1.82) is 0 Å². The normalized spacial score (nSPS) is 11.2. The standard InChI is InChI=1S/C19H25NO5S/c1-23-17-10-5-4-8-15(17)9-6-7-13-20-26(21,22)16-11-12-18(24-2)19(14-16)25-3/h4-5,8,10-12,14,20H,6-7,9,13H2,1-3H3. The number of hydrogen-bond acceptors (Lipinski definition) is 5. The monoisotopic (exact) mass is 379 g/mol. The number of hydrogen-bond donors (Lipinski definition) is 1. The minimum atomic E-state index is -3.59. The summed E-state index contributed by atoms with van der Waals surface area (Å²) in [5.41, 5.74) is 1.12. The van der Waals surface area contributed by atoms with Gasteiger partial charge < -0.3 is 14.2 Å². The lowest BCUT2D eigenvalue weighted by atomic mass is 10.1. The molecular weight excluding hydrogens is 354 g/mol. The smallest absolute Gasteiger partial charge is 0.240 e. The van der Waals surface area contributed by atoms with Crippen molar-refractivity contribution in [2.45, 2.75) is 24.2 Å². The fraction of sp³-hybridized carbons (Fsp3) is 0.368. The van der Waals surface area contributed by atoms with E-state index in [4.69, 9.17) is 14.2 Å². The van der Waals surface area contributed by atoms with E-state index in [0.717, 1.165) is 30.6 Å². The van der Waals surface area contributed by atoms with Gasteiger partial charge >= 0.3 is 0 Å². The molecule has 0 heterocycles. The van der Waals surface area contributed by atoms with Crippen LogP contribution in [0.5, 0.6) is 17.2 Å². The molecule has 0 bridgehead atoms. The number of para-hydroxylation sites is 1. The molecule has 0 unspecified atom stereocenters. The Hall–Kier alpha value is -2.25. The molecule has 0 spiro atoms. The molecule has 2 aromatic carbocycles. The summed E-state index contributed by atoms with van der Waals surface area (Å²) in [4.78, 5) is 0.153. The molecule has 0 radical (unpaired) electrons. The van der Waals surface area contributed by atoms with Crippen LogP contribution in [0.25, 0.3) is 0 Å². The summed E-state index contributed by atoms with van der Waals surface area (Å²) in [7, 11) is 1.04. The van der Waals surface area contributed by atoms with Gasteiger partial charge in [0.2, 0.25) is 10.0 Å². The Balaban J connectivity index is 1.88. The Bertz CT molecular complexity index is 820. The van der Waals surface area contributed by atoms with Gasteiger partial charge in [0.1, 0.15) is 5.75 Å². The quantitative estimate of drug-likeness (QED) is 0.643. The van der Waals surface area contributed by atoms with Crippen LogP contribution in [0, 0.1) is 0 Å². The molecule has 0 amide bonds. The van der Waals surface area contributed by atoms with Crippen molar-refractivity contribution in [3.63, 3.8) is 0 Å². The Morgan fingerprint density at radius 1 is 0.846 bits per heavy atom. The molecule has 0 atom stereocenters. The van der Waals surface area contributed by atoms with Crippen molar-refractivity contribution in [3.05, 3.63) is 48.0 Å². The highest BCUT2D eigenvalue weighted by atomic mass is 32.2. The summed E-state index contributed by atoms with van der Waals surface area (Å²) >= 11 is 0. The number of nitrogens with one attached hydrogen (secondary N) is 1. The van der Waals surface area contributed by atoms with Gasteiger partial charge in [-0.3, -0.25) is 0 Å². The number of sulfonamides is 1. The molecule has 0 aliphatic rings. The Kier molecular flexibility index (Phi) is 7.29. The lowest BCUT2D eigenvalue weighted by molar-refractivity contribution is 0.354. The van der Waals surface area contributed by atoms with Gasteiger partial charge in [0.15, 0.2) is 11.5 Å². The average Bonchev–Trinajstić information content (AvgIpc) is 2.67. The number of ether oxygens (including phenoxy) is 3. The molecule has 0 aliphatic carbocycles. The predicted octanol–water partition coefficient (Wildman–Crippen LogP) is 3.01. The Morgan fingerprint density at radius 2 is 1.54 bits per heavy atom. The van der Waals surface area contributed by atoms with E-state index in [1.165, 1.54) is 26.4 Å². The third kappa shape index (κ3) is 5.12. The molecule has 0 fully saturated rings. The molecular formula is C19H25NO5S. The van der Waals surface area contributed by atoms with Gasteiger partial charge in [0, 0.05) is 12.6 Å². The second-order valence-electron chi connectivity index (χ2n) is 5.68. The van der Waals surface area contributed by atoms with E-state index < -0.39 is 10.0 Å².